The molecule has 2 fully saturated rings. The number of benzene rings is 1. The molecule has 30 heavy (non-hydrogen) atoms. The van der Waals surface area contributed by atoms with Crippen LogP contribution in [-0.2, 0) is 9.59 Å². The molecule has 1 aromatic carbocycles. The Hall–Kier alpha value is -2.81. The predicted molar refractivity (Wildman–Crippen MR) is 112 cm³/mol. The molecule has 166 valence electrons. The van der Waals surface area contributed by atoms with Crippen LogP contribution in [0, 0.1) is 12.8 Å². The molecule has 3 rings (SSSR count). The topological polar surface area (TPSA) is 125 Å². The molecule has 0 radical (unpaired) electrons. The first-order valence-electron chi connectivity index (χ1n) is 10.3. The number of carboxylic acid groups (broad SMARTS) is 1. The number of rotatable bonds is 7. The molecule has 0 aliphatic carbocycles. The van der Waals surface area contributed by atoms with Crippen LogP contribution in [0.3, 0.4) is 0 Å². The zero-order chi connectivity index (χ0) is 21.9. The molecule has 0 unspecified atom stereocenters. The maximum atomic E-state index is 12.1. The van der Waals surface area contributed by atoms with Crippen molar-refractivity contribution in [2.24, 2.45) is 11.7 Å². The van der Waals surface area contributed by atoms with E-state index < -0.39 is 0 Å². The van der Waals surface area contributed by atoms with E-state index in [0.29, 0.717) is 19.6 Å². The van der Waals surface area contributed by atoms with E-state index in [4.69, 9.17) is 20.4 Å². The molecule has 9 nitrogen and oxygen atoms in total. The van der Waals surface area contributed by atoms with Gasteiger partial charge in [0.1, 0.15) is 11.9 Å². The average molecular weight is 421 g/mol. The van der Waals surface area contributed by atoms with Gasteiger partial charge in [0.25, 0.3) is 6.47 Å². The van der Waals surface area contributed by atoms with Gasteiger partial charge in [-0.3, -0.25) is 9.59 Å². The summed E-state index contributed by atoms with van der Waals surface area (Å²) in [5.41, 5.74) is 6.52. The Labute approximate surface area is 177 Å². The van der Waals surface area contributed by atoms with E-state index in [0.717, 1.165) is 44.6 Å². The summed E-state index contributed by atoms with van der Waals surface area (Å²) in [6, 6.07) is 7.95. The number of primary amides is 1. The summed E-state index contributed by atoms with van der Waals surface area (Å²) < 4.78 is 5.88. The first-order chi connectivity index (χ1) is 14.4. The van der Waals surface area contributed by atoms with Crippen molar-refractivity contribution >= 4 is 18.4 Å². The Balaban J connectivity index is 0.00000101. The van der Waals surface area contributed by atoms with E-state index in [-0.39, 0.29) is 30.4 Å². The Bertz CT molecular complexity index is 700. The first-order valence-corrected chi connectivity index (χ1v) is 10.3. The smallest absolute Gasteiger partial charge is 0.317 e. The van der Waals surface area contributed by atoms with Crippen molar-refractivity contribution in [3.63, 3.8) is 0 Å². The molecule has 2 saturated heterocycles. The maximum absolute atomic E-state index is 12.1. The second-order valence-corrected chi connectivity index (χ2v) is 7.67. The summed E-state index contributed by atoms with van der Waals surface area (Å²) >= 11 is 0. The number of aryl methyl sites for hydroxylation is 1. The molecule has 4 N–H and O–H groups in total. The van der Waals surface area contributed by atoms with Crippen molar-refractivity contribution in [2.75, 3.05) is 39.3 Å². The molecule has 3 amide bonds. The van der Waals surface area contributed by atoms with Crippen molar-refractivity contribution < 1.29 is 24.2 Å². The molecule has 2 aliphatic rings. The molecular weight excluding hydrogens is 388 g/mol. The van der Waals surface area contributed by atoms with Gasteiger partial charge < -0.3 is 30.7 Å². The van der Waals surface area contributed by atoms with Gasteiger partial charge in [0.2, 0.25) is 5.91 Å². The van der Waals surface area contributed by atoms with E-state index >= 15 is 0 Å². The van der Waals surface area contributed by atoms with Crippen molar-refractivity contribution in [2.45, 2.75) is 32.3 Å². The lowest BCUT2D eigenvalue weighted by molar-refractivity contribution is -0.123. The number of likely N-dealkylation sites (tertiary alicyclic amines) is 2. The Morgan fingerprint density at radius 2 is 1.97 bits per heavy atom. The van der Waals surface area contributed by atoms with Gasteiger partial charge in [0.15, 0.2) is 0 Å². The third-order valence-corrected chi connectivity index (χ3v) is 5.34. The second kappa shape index (κ2) is 12.0. The number of nitrogens with two attached hydrogens (primary N) is 1. The van der Waals surface area contributed by atoms with Gasteiger partial charge in [-0.25, -0.2) is 4.79 Å². The van der Waals surface area contributed by atoms with Gasteiger partial charge in [0, 0.05) is 12.5 Å². The average Bonchev–Trinajstić information content (AvgIpc) is 2.68. The number of piperidine rings is 1. The molecule has 2 heterocycles. The Kier molecular flexibility index (Phi) is 9.40. The highest BCUT2D eigenvalue weighted by atomic mass is 16.5. The SMILES string of the molecule is Cc1cccc(OC2CN(C(=O)NCCCN3CCC(C(N)=O)CC3)C2)c1.O=CO. The Morgan fingerprint density at radius 3 is 2.57 bits per heavy atom. The number of amides is 3. The standard InChI is InChI=1S/C20H30N4O3.CH2O2/c1-15-4-2-5-17(12-15)27-18-13-24(14-18)20(26)22-8-3-9-23-10-6-16(7-11-23)19(21)25;2-1-3/h2,4-5,12,16,18H,3,6-11,13-14H2,1H3,(H2,21,25)(H,22,26);1H,(H,2,3). The fourth-order valence-electron chi connectivity index (χ4n) is 3.61. The third kappa shape index (κ3) is 7.55. The summed E-state index contributed by atoms with van der Waals surface area (Å²) in [6.45, 7) is 6.45. The van der Waals surface area contributed by atoms with Crippen LogP contribution < -0.4 is 15.8 Å². The monoisotopic (exact) mass is 420 g/mol. The summed E-state index contributed by atoms with van der Waals surface area (Å²) in [5, 5.41) is 9.86. The van der Waals surface area contributed by atoms with Crippen molar-refractivity contribution in [1.29, 1.82) is 0 Å². The summed E-state index contributed by atoms with van der Waals surface area (Å²) in [5.74, 6) is 0.712. The molecule has 2 aliphatic heterocycles. The number of carbonyl (C=O) groups excluding carboxylic acids is 2. The molecule has 0 spiro atoms. The number of urea groups is 1. The maximum Gasteiger partial charge on any atom is 0.317 e. The van der Waals surface area contributed by atoms with Crippen LogP contribution in [0.15, 0.2) is 24.3 Å². The minimum Gasteiger partial charge on any atom is -0.487 e. The van der Waals surface area contributed by atoms with E-state index in [1.54, 1.807) is 4.90 Å². The second-order valence-electron chi connectivity index (χ2n) is 7.67. The van der Waals surface area contributed by atoms with Gasteiger partial charge >= 0.3 is 6.03 Å². The Morgan fingerprint density at radius 1 is 1.30 bits per heavy atom. The molecule has 0 bridgehead atoms. The lowest BCUT2D eigenvalue weighted by atomic mass is 9.96. The minimum atomic E-state index is -0.250. The van der Waals surface area contributed by atoms with Crippen LogP contribution in [-0.4, -0.2) is 78.7 Å². The van der Waals surface area contributed by atoms with Crippen LogP contribution in [0.5, 0.6) is 5.75 Å². The summed E-state index contributed by atoms with van der Waals surface area (Å²) in [4.78, 5) is 35.8. The summed E-state index contributed by atoms with van der Waals surface area (Å²) in [6.07, 6.45) is 2.67. The van der Waals surface area contributed by atoms with Gasteiger partial charge in [-0.2, -0.15) is 0 Å². The molecule has 0 aromatic heterocycles. The highest BCUT2D eigenvalue weighted by molar-refractivity contribution is 5.76. The lowest BCUT2D eigenvalue weighted by Gasteiger charge is -2.38. The van der Waals surface area contributed by atoms with E-state index in [1.807, 2.05) is 31.2 Å². The van der Waals surface area contributed by atoms with Crippen LogP contribution >= 0.6 is 0 Å². The normalized spacial score (nSPS) is 17.3. The molecule has 1 aromatic rings. The largest absolute Gasteiger partial charge is 0.487 e. The number of carbonyl (C=O) groups is 3. The van der Waals surface area contributed by atoms with Crippen LogP contribution in [0.1, 0.15) is 24.8 Å². The van der Waals surface area contributed by atoms with Gasteiger partial charge in [-0.05, 0) is 63.5 Å². The third-order valence-electron chi connectivity index (χ3n) is 5.34. The zero-order valence-electron chi connectivity index (χ0n) is 17.5. The number of nitrogens with one attached hydrogen (secondary N) is 1. The fourth-order valence-corrected chi connectivity index (χ4v) is 3.61. The van der Waals surface area contributed by atoms with E-state index in [1.165, 1.54) is 5.56 Å². The van der Waals surface area contributed by atoms with E-state index in [9.17, 15) is 9.59 Å². The van der Waals surface area contributed by atoms with Gasteiger partial charge in [-0.15, -0.1) is 0 Å². The predicted octanol–water partition coefficient (Wildman–Crippen LogP) is 1.06. The minimum absolute atomic E-state index is 0.0217. The van der Waals surface area contributed by atoms with Crippen LogP contribution in [0.25, 0.3) is 0 Å². The molecule has 0 saturated carbocycles. The highest BCUT2D eigenvalue weighted by Gasteiger charge is 2.32. The van der Waals surface area contributed by atoms with Crippen LogP contribution in [0.4, 0.5) is 4.79 Å². The lowest BCUT2D eigenvalue weighted by Crippen LogP contribution is -2.59. The van der Waals surface area contributed by atoms with Crippen LogP contribution in [0.2, 0.25) is 0 Å². The quantitative estimate of drug-likeness (QED) is 0.447. The zero-order valence-corrected chi connectivity index (χ0v) is 17.5. The molecule has 9 heteroatoms. The highest BCUT2D eigenvalue weighted by Crippen LogP contribution is 2.19. The molecular formula is C21H32N4O5. The number of hydrogen-bond acceptors (Lipinski definition) is 5. The van der Waals surface area contributed by atoms with Crippen molar-refractivity contribution in [3.05, 3.63) is 29.8 Å². The van der Waals surface area contributed by atoms with Crippen molar-refractivity contribution in [1.82, 2.24) is 15.1 Å². The number of hydrogen-bond donors (Lipinski definition) is 3. The fraction of sp³-hybridized carbons (Fsp3) is 0.571. The van der Waals surface area contributed by atoms with Gasteiger partial charge in [-0.1, -0.05) is 12.1 Å². The molecule has 0 atom stereocenters. The number of nitrogens with zero attached hydrogens (tertiary/aromatic N) is 2. The number of ether oxygens (including phenoxy) is 1. The first kappa shape index (κ1) is 23.5. The van der Waals surface area contributed by atoms with E-state index in [2.05, 4.69) is 10.2 Å². The van der Waals surface area contributed by atoms with Gasteiger partial charge in [0.05, 0.1) is 13.1 Å². The summed E-state index contributed by atoms with van der Waals surface area (Å²) in [7, 11) is 0. The van der Waals surface area contributed by atoms with Crippen molar-refractivity contribution in [3.8, 4) is 5.75 Å².